The molecule has 0 unspecified atom stereocenters. The first-order valence-electron chi connectivity index (χ1n) is 8.45. The fourth-order valence-corrected chi connectivity index (χ4v) is 3.11. The Bertz CT molecular complexity index is 681. The number of aliphatic carboxylic acids is 1. The molecule has 0 aliphatic heterocycles. The van der Waals surface area contributed by atoms with Crippen molar-refractivity contribution in [2.75, 3.05) is 7.11 Å². The first-order valence-corrected chi connectivity index (χ1v) is 8.45. The minimum atomic E-state index is -1.65. The zero-order chi connectivity index (χ0) is 19.5. The number of carbonyl (C=O) groups excluding carboxylic acids is 2. The molecule has 142 valence electrons. The molecule has 0 bridgehead atoms. The van der Waals surface area contributed by atoms with Gasteiger partial charge in [0.2, 0.25) is 0 Å². The van der Waals surface area contributed by atoms with Crippen LogP contribution in [-0.4, -0.2) is 41.4 Å². The van der Waals surface area contributed by atoms with Crippen molar-refractivity contribution in [1.29, 1.82) is 0 Å². The summed E-state index contributed by atoms with van der Waals surface area (Å²) in [6.07, 6.45) is -0.450. The van der Waals surface area contributed by atoms with Crippen LogP contribution in [0.25, 0.3) is 0 Å². The molecule has 2 N–H and O–H groups in total. The Hall–Kier alpha value is -2.57. The first-order chi connectivity index (χ1) is 12.1. The van der Waals surface area contributed by atoms with Crippen molar-refractivity contribution in [2.45, 2.75) is 44.8 Å². The standard InChI is InChI=1S/C19H25NO6/c1-18(2,3)26-17(24)20-19(16(22)23,11-12-8-6-5-7-9-12)14-10-13(14)15(21)25-4/h5-9,13-14H,10-11H2,1-4H3,(H,20,24)(H,22,23)/t13-,14-,19-/m0/s1. The van der Waals surface area contributed by atoms with E-state index in [9.17, 15) is 19.5 Å². The molecule has 0 spiro atoms. The minimum Gasteiger partial charge on any atom is -0.479 e. The summed E-state index contributed by atoms with van der Waals surface area (Å²) in [7, 11) is 1.26. The predicted octanol–water partition coefficient (Wildman–Crippen LogP) is 2.39. The molecular weight excluding hydrogens is 338 g/mol. The van der Waals surface area contributed by atoms with E-state index in [0.717, 1.165) is 5.56 Å². The Morgan fingerprint density at radius 1 is 1.19 bits per heavy atom. The number of ether oxygens (including phenoxy) is 2. The molecule has 2 rings (SSSR count). The fourth-order valence-electron chi connectivity index (χ4n) is 3.11. The van der Waals surface area contributed by atoms with E-state index in [1.54, 1.807) is 45.0 Å². The lowest BCUT2D eigenvalue weighted by molar-refractivity contribution is -0.147. The maximum absolute atomic E-state index is 12.3. The highest BCUT2D eigenvalue weighted by Gasteiger charge is 2.61. The second-order valence-electron chi connectivity index (χ2n) is 7.54. The molecule has 1 aliphatic rings. The van der Waals surface area contributed by atoms with Gasteiger partial charge >= 0.3 is 18.0 Å². The molecule has 1 aromatic rings. The molecule has 1 aliphatic carbocycles. The maximum Gasteiger partial charge on any atom is 0.408 e. The average molecular weight is 363 g/mol. The topological polar surface area (TPSA) is 102 Å². The molecule has 1 saturated carbocycles. The van der Waals surface area contributed by atoms with Crippen molar-refractivity contribution < 1.29 is 29.0 Å². The highest BCUT2D eigenvalue weighted by Crippen LogP contribution is 2.48. The van der Waals surface area contributed by atoms with Gasteiger partial charge in [-0.25, -0.2) is 9.59 Å². The largest absolute Gasteiger partial charge is 0.479 e. The number of amides is 1. The molecule has 0 aromatic heterocycles. The van der Waals surface area contributed by atoms with E-state index < -0.39 is 41.0 Å². The Kier molecular flexibility index (Phi) is 5.59. The molecule has 0 heterocycles. The summed E-state index contributed by atoms with van der Waals surface area (Å²) in [6, 6.07) is 8.97. The number of rotatable bonds is 6. The van der Waals surface area contributed by atoms with Gasteiger partial charge in [-0.1, -0.05) is 30.3 Å². The number of esters is 1. The smallest absolute Gasteiger partial charge is 0.408 e. The fraction of sp³-hybridized carbons (Fsp3) is 0.526. The summed E-state index contributed by atoms with van der Waals surface area (Å²) in [6.45, 7) is 5.09. The van der Waals surface area contributed by atoms with Gasteiger partial charge in [0.1, 0.15) is 11.1 Å². The van der Waals surface area contributed by atoms with E-state index in [-0.39, 0.29) is 6.42 Å². The second kappa shape index (κ2) is 7.35. The average Bonchev–Trinajstić information content (AvgIpc) is 3.33. The third-order valence-corrected chi connectivity index (χ3v) is 4.36. The summed E-state index contributed by atoms with van der Waals surface area (Å²) in [5.74, 6) is -2.81. The van der Waals surface area contributed by atoms with Crippen molar-refractivity contribution in [2.24, 2.45) is 11.8 Å². The van der Waals surface area contributed by atoms with Gasteiger partial charge in [0, 0.05) is 12.3 Å². The van der Waals surface area contributed by atoms with Crippen LogP contribution >= 0.6 is 0 Å². The van der Waals surface area contributed by atoms with Crippen molar-refractivity contribution in [3.8, 4) is 0 Å². The van der Waals surface area contributed by atoms with Gasteiger partial charge in [0.25, 0.3) is 0 Å². The van der Waals surface area contributed by atoms with Crippen LogP contribution in [0.3, 0.4) is 0 Å². The normalized spacial score (nSPS) is 21.2. The summed E-state index contributed by atoms with van der Waals surface area (Å²) in [5.41, 5.74) is -1.68. The van der Waals surface area contributed by atoms with Gasteiger partial charge in [-0.2, -0.15) is 0 Å². The van der Waals surface area contributed by atoms with Crippen LogP contribution in [0, 0.1) is 11.8 Å². The van der Waals surface area contributed by atoms with Gasteiger partial charge in [0.05, 0.1) is 13.0 Å². The molecular formula is C19H25NO6. The summed E-state index contributed by atoms with van der Waals surface area (Å²) in [4.78, 5) is 36.4. The van der Waals surface area contributed by atoms with Crippen LogP contribution in [0.5, 0.6) is 0 Å². The number of carboxylic acids is 1. The summed E-state index contributed by atoms with van der Waals surface area (Å²) < 4.78 is 9.99. The first kappa shape index (κ1) is 19.8. The maximum atomic E-state index is 12.3. The summed E-state index contributed by atoms with van der Waals surface area (Å²) in [5, 5.41) is 12.5. The third kappa shape index (κ3) is 4.53. The lowest BCUT2D eigenvalue weighted by Crippen LogP contribution is -2.59. The molecule has 7 heteroatoms. The van der Waals surface area contributed by atoms with Crippen molar-refractivity contribution in [3.63, 3.8) is 0 Å². The van der Waals surface area contributed by atoms with Crippen LogP contribution in [0.15, 0.2) is 30.3 Å². The molecule has 26 heavy (non-hydrogen) atoms. The van der Waals surface area contributed by atoms with Crippen molar-refractivity contribution in [3.05, 3.63) is 35.9 Å². The van der Waals surface area contributed by atoms with Crippen molar-refractivity contribution in [1.82, 2.24) is 5.32 Å². The Balaban J connectivity index is 2.33. The van der Waals surface area contributed by atoms with Gasteiger partial charge in [-0.3, -0.25) is 4.79 Å². The molecule has 1 aromatic carbocycles. The van der Waals surface area contributed by atoms with E-state index in [1.807, 2.05) is 6.07 Å². The minimum absolute atomic E-state index is 0.0422. The van der Waals surface area contributed by atoms with E-state index in [2.05, 4.69) is 5.32 Å². The van der Waals surface area contributed by atoms with Crippen LogP contribution in [0.4, 0.5) is 4.79 Å². The SMILES string of the molecule is COC(=O)[C@H]1C[C@@H]1[C@](Cc1ccccc1)(NC(=O)OC(C)(C)C)C(=O)O. The van der Waals surface area contributed by atoms with Gasteiger partial charge < -0.3 is 19.9 Å². The number of hydrogen-bond donors (Lipinski definition) is 2. The third-order valence-electron chi connectivity index (χ3n) is 4.36. The monoisotopic (exact) mass is 363 g/mol. The number of hydrogen-bond acceptors (Lipinski definition) is 5. The lowest BCUT2D eigenvalue weighted by Gasteiger charge is -2.32. The molecule has 1 amide bonds. The number of carboxylic acid groups (broad SMARTS) is 1. The lowest BCUT2D eigenvalue weighted by atomic mass is 9.84. The van der Waals surface area contributed by atoms with Gasteiger partial charge in [-0.15, -0.1) is 0 Å². The quantitative estimate of drug-likeness (QED) is 0.753. The highest BCUT2D eigenvalue weighted by molar-refractivity contribution is 5.88. The van der Waals surface area contributed by atoms with E-state index in [0.29, 0.717) is 6.42 Å². The number of alkyl carbamates (subject to hydrolysis) is 1. The zero-order valence-corrected chi connectivity index (χ0v) is 15.4. The Labute approximate surface area is 152 Å². The number of nitrogens with one attached hydrogen (secondary N) is 1. The number of benzene rings is 1. The van der Waals surface area contributed by atoms with Crippen LogP contribution in [-0.2, 0) is 25.5 Å². The summed E-state index contributed by atoms with van der Waals surface area (Å²) >= 11 is 0. The van der Waals surface area contributed by atoms with Crippen molar-refractivity contribution >= 4 is 18.0 Å². The van der Waals surface area contributed by atoms with Crippen LogP contribution in [0.1, 0.15) is 32.8 Å². The molecule has 7 nitrogen and oxygen atoms in total. The second-order valence-corrected chi connectivity index (χ2v) is 7.54. The van der Waals surface area contributed by atoms with E-state index in [1.165, 1.54) is 7.11 Å². The Morgan fingerprint density at radius 2 is 1.81 bits per heavy atom. The number of carbonyl (C=O) groups is 3. The molecule has 0 saturated heterocycles. The van der Waals surface area contributed by atoms with Gasteiger partial charge in [0.15, 0.2) is 0 Å². The van der Waals surface area contributed by atoms with E-state index >= 15 is 0 Å². The Morgan fingerprint density at radius 3 is 2.31 bits per heavy atom. The van der Waals surface area contributed by atoms with Crippen LogP contribution in [0.2, 0.25) is 0 Å². The highest BCUT2D eigenvalue weighted by atomic mass is 16.6. The zero-order valence-electron chi connectivity index (χ0n) is 15.4. The van der Waals surface area contributed by atoms with Crippen LogP contribution < -0.4 is 5.32 Å². The van der Waals surface area contributed by atoms with E-state index in [4.69, 9.17) is 9.47 Å². The number of methoxy groups -OCH3 is 1. The van der Waals surface area contributed by atoms with Gasteiger partial charge in [-0.05, 0) is 32.8 Å². The molecule has 3 atom stereocenters. The molecule has 0 radical (unpaired) electrons. The molecule has 1 fully saturated rings. The predicted molar refractivity (Wildman–Crippen MR) is 93.5 cm³/mol.